The Hall–Kier alpha value is -3.99. The Labute approximate surface area is 187 Å². The SMILES string of the molecule is CCC(=O)OC(C(=N)c1ccccc1)c1ccc(OCc2ccc3ccccc3n2)cc1. The van der Waals surface area contributed by atoms with Crippen LogP contribution in [0.15, 0.2) is 91.0 Å². The van der Waals surface area contributed by atoms with Crippen LogP contribution in [0.2, 0.25) is 0 Å². The first-order valence-electron chi connectivity index (χ1n) is 10.5. The van der Waals surface area contributed by atoms with Gasteiger partial charge >= 0.3 is 5.97 Å². The van der Waals surface area contributed by atoms with Gasteiger partial charge in [0.15, 0.2) is 6.10 Å². The van der Waals surface area contributed by atoms with Crippen LogP contribution in [-0.2, 0) is 16.1 Å². The highest BCUT2D eigenvalue weighted by molar-refractivity contribution is 6.02. The molecular formula is C27H24N2O3. The minimum Gasteiger partial charge on any atom is -0.487 e. The van der Waals surface area contributed by atoms with Crippen LogP contribution in [0.25, 0.3) is 10.9 Å². The molecule has 1 atom stereocenters. The lowest BCUT2D eigenvalue weighted by Crippen LogP contribution is -2.19. The molecule has 0 amide bonds. The summed E-state index contributed by atoms with van der Waals surface area (Å²) in [5.74, 6) is 0.328. The van der Waals surface area contributed by atoms with Crippen molar-refractivity contribution in [2.45, 2.75) is 26.1 Å². The van der Waals surface area contributed by atoms with Crippen molar-refractivity contribution in [1.82, 2.24) is 4.98 Å². The van der Waals surface area contributed by atoms with E-state index in [9.17, 15) is 4.79 Å². The van der Waals surface area contributed by atoms with Gasteiger partial charge in [0, 0.05) is 11.8 Å². The number of fused-ring (bicyclic) bond motifs is 1. The van der Waals surface area contributed by atoms with Gasteiger partial charge in [-0.2, -0.15) is 0 Å². The van der Waals surface area contributed by atoms with E-state index in [1.807, 2.05) is 91.0 Å². The molecule has 1 unspecified atom stereocenters. The summed E-state index contributed by atoms with van der Waals surface area (Å²) in [6.45, 7) is 2.08. The van der Waals surface area contributed by atoms with Gasteiger partial charge in [-0.15, -0.1) is 0 Å². The average molecular weight is 425 g/mol. The topological polar surface area (TPSA) is 72.3 Å². The van der Waals surface area contributed by atoms with E-state index in [1.165, 1.54) is 0 Å². The number of pyridine rings is 1. The van der Waals surface area contributed by atoms with Gasteiger partial charge in [-0.25, -0.2) is 4.98 Å². The third-order valence-electron chi connectivity index (χ3n) is 5.11. The van der Waals surface area contributed by atoms with Gasteiger partial charge in [-0.1, -0.05) is 73.7 Å². The smallest absolute Gasteiger partial charge is 0.306 e. The number of carbonyl (C=O) groups is 1. The zero-order chi connectivity index (χ0) is 22.3. The lowest BCUT2D eigenvalue weighted by atomic mass is 9.99. The van der Waals surface area contributed by atoms with E-state index in [-0.39, 0.29) is 18.1 Å². The number of carbonyl (C=O) groups excluding carboxylic acids is 1. The molecule has 5 nitrogen and oxygen atoms in total. The highest BCUT2D eigenvalue weighted by atomic mass is 16.5. The van der Waals surface area contributed by atoms with Crippen molar-refractivity contribution in [3.63, 3.8) is 0 Å². The zero-order valence-corrected chi connectivity index (χ0v) is 17.8. The van der Waals surface area contributed by atoms with Gasteiger partial charge in [-0.3, -0.25) is 4.79 Å². The molecule has 4 aromatic rings. The lowest BCUT2D eigenvalue weighted by molar-refractivity contribution is -0.145. The molecule has 1 aromatic heterocycles. The number of nitrogens with one attached hydrogen (secondary N) is 1. The summed E-state index contributed by atoms with van der Waals surface area (Å²) in [6.07, 6.45) is -0.528. The molecule has 0 saturated heterocycles. The number of esters is 1. The van der Waals surface area contributed by atoms with Gasteiger partial charge < -0.3 is 14.9 Å². The van der Waals surface area contributed by atoms with E-state index in [0.717, 1.165) is 22.2 Å². The fourth-order valence-electron chi connectivity index (χ4n) is 3.36. The Morgan fingerprint density at radius 2 is 1.62 bits per heavy atom. The Morgan fingerprint density at radius 1 is 0.906 bits per heavy atom. The molecule has 3 aromatic carbocycles. The molecule has 0 radical (unpaired) electrons. The van der Waals surface area contributed by atoms with Crippen molar-refractivity contribution in [2.24, 2.45) is 0 Å². The Kier molecular flexibility index (Phi) is 6.56. The van der Waals surface area contributed by atoms with E-state index in [1.54, 1.807) is 6.92 Å². The molecule has 32 heavy (non-hydrogen) atoms. The summed E-state index contributed by atoms with van der Waals surface area (Å²) in [4.78, 5) is 16.6. The summed E-state index contributed by atoms with van der Waals surface area (Å²) in [5.41, 5.74) is 3.44. The van der Waals surface area contributed by atoms with E-state index >= 15 is 0 Å². The predicted molar refractivity (Wildman–Crippen MR) is 125 cm³/mol. The summed E-state index contributed by atoms with van der Waals surface area (Å²) >= 11 is 0. The molecule has 0 fully saturated rings. The second-order valence-electron chi connectivity index (χ2n) is 7.36. The minimum absolute atomic E-state index is 0.237. The second-order valence-corrected chi connectivity index (χ2v) is 7.36. The molecule has 0 aliphatic rings. The number of aromatic nitrogens is 1. The van der Waals surface area contributed by atoms with Crippen LogP contribution < -0.4 is 4.74 Å². The maximum atomic E-state index is 12.0. The molecule has 5 heteroatoms. The molecule has 4 rings (SSSR count). The minimum atomic E-state index is -0.777. The molecule has 0 bridgehead atoms. The summed E-state index contributed by atoms with van der Waals surface area (Å²) in [6, 6.07) is 28.5. The van der Waals surface area contributed by atoms with Crippen molar-refractivity contribution in [3.05, 3.63) is 108 Å². The van der Waals surface area contributed by atoms with E-state index in [4.69, 9.17) is 14.9 Å². The standard InChI is InChI=1S/C27H24N2O3/c1-2-25(30)32-27(26(28)20-9-4-3-5-10-20)21-13-16-23(17-14-21)31-18-22-15-12-19-8-6-7-11-24(19)29-22/h3-17,27-28H,2,18H2,1H3. The van der Waals surface area contributed by atoms with Crippen LogP contribution in [0, 0.1) is 5.41 Å². The van der Waals surface area contributed by atoms with E-state index in [0.29, 0.717) is 17.9 Å². The van der Waals surface area contributed by atoms with E-state index in [2.05, 4.69) is 4.98 Å². The van der Waals surface area contributed by atoms with Crippen LogP contribution in [-0.4, -0.2) is 16.7 Å². The second kappa shape index (κ2) is 9.88. The number of para-hydroxylation sites is 1. The molecule has 0 saturated carbocycles. The van der Waals surface area contributed by atoms with Crippen LogP contribution >= 0.6 is 0 Å². The molecule has 160 valence electrons. The van der Waals surface area contributed by atoms with Gasteiger partial charge in [0.1, 0.15) is 12.4 Å². The Morgan fingerprint density at radius 3 is 2.38 bits per heavy atom. The average Bonchev–Trinajstić information content (AvgIpc) is 2.86. The molecule has 0 aliphatic heterocycles. The molecule has 1 heterocycles. The molecule has 0 aliphatic carbocycles. The molecule has 1 N–H and O–H groups in total. The van der Waals surface area contributed by atoms with Gasteiger partial charge in [0.25, 0.3) is 0 Å². The van der Waals surface area contributed by atoms with Crippen molar-refractivity contribution < 1.29 is 14.3 Å². The third-order valence-corrected chi connectivity index (χ3v) is 5.11. The fourth-order valence-corrected chi connectivity index (χ4v) is 3.36. The van der Waals surface area contributed by atoms with Crippen molar-refractivity contribution in [2.75, 3.05) is 0 Å². The van der Waals surface area contributed by atoms with Gasteiger partial charge in [0.05, 0.1) is 16.9 Å². The van der Waals surface area contributed by atoms with Gasteiger partial charge in [0.2, 0.25) is 0 Å². The summed E-state index contributed by atoms with van der Waals surface area (Å²) in [5, 5.41) is 9.68. The van der Waals surface area contributed by atoms with Crippen LogP contribution in [0.4, 0.5) is 0 Å². The largest absolute Gasteiger partial charge is 0.487 e. The number of benzene rings is 3. The first-order valence-corrected chi connectivity index (χ1v) is 10.5. The number of nitrogens with zero attached hydrogens (tertiary/aromatic N) is 1. The van der Waals surface area contributed by atoms with E-state index < -0.39 is 6.10 Å². The quantitative estimate of drug-likeness (QED) is 0.283. The third kappa shape index (κ3) is 5.01. The fraction of sp³-hybridized carbons (Fsp3) is 0.148. The maximum absolute atomic E-state index is 12.0. The van der Waals surface area contributed by atoms with Crippen LogP contribution in [0.5, 0.6) is 5.75 Å². The monoisotopic (exact) mass is 424 g/mol. The highest BCUT2D eigenvalue weighted by Gasteiger charge is 2.22. The Bertz CT molecular complexity index is 1220. The number of ether oxygens (including phenoxy) is 2. The number of rotatable bonds is 8. The van der Waals surface area contributed by atoms with Crippen molar-refractivity contribution in [1.29, 1.82) is 5.41 Å². The van der Waals surface area contributed by atoms with Gasteiger partial charge in [-0.05, 0) is 35.4 Å². The maximum Gasteiger partial charge on any atom is 0.306 e. The number of hydrogen-bond donors (Lipinski definition) is 1. The first-order chi connectivity index (χ1) is 15.6. The first kappa shape index (κ1) is 21.2. The van der Waals surface area contributed by atoms with Crippen molar-refractivity contribution >= 4 is 22.6 Å². The Balaban J connectivity index is 1.49. The number of hydrogen-bond acceptors (Lipinski definition) is 5. The van der Waals surface area contributed by atoms with Crippen LogP contribution in [0.3, 0.4) is 0 Å². The zero-order valence-electron chi connectivity index (χ0n) is 17.8. The summed E-state index contributed by atoms with van der Waals surface area (Å²) < 4.78 is 11.5. The molecular weight excluding hydrogens is 400 g/mol. The predicted octanol–water partition coefficient (Wildman–Crippen LogP) is 5.88. The molecule has 0 spiro atoms. The van der Waals surface area contributed by atoms with Crippen molar-refractivity contribution in [3.8, 4) is 5.75 Å². The van der Waals surface area contributed by atoms with Crippen LogP contribution in [0.1, 0.15) is 36.3 Å². The lowest BCUT2D eigenvalue weighted by Gasteiger charge is -2.20. The highest BCUT2D eigenvalue weighted by Crippen LogP contribution is 2.26. The summed E-state index contributed by atoms with van der Waals surface area (Å²) in [7, 11) is 0. The normalized spacial score (nSPS) is 11.7.